The zero-order valence-corrected chi connectivity index (χ0v) is 11.5. The molecule has 0 atom stereocenters. The second-order valence-electron chi connectivity index (χ2n) is 4.06. The van der Waals surface area contributed by atoms with E-state index in [2.05, 4.69) is 14.7 Å². The van der Waals surface area contributed by atoms with Crippen molar-refractivity contribution in [2.45, 2.75) is 18.4 Å². The number of H-pyrrole nitrogens is 1. The van der Waals surface area contributed by atoms with Gasteiger partial charge in [0.25, 0.3) is 0 Å². The Labute approximate surface area is 111 Å². The summed E-state index contributed by atoms with van der Waals surface area (Å²) >= 11 is 0. The minimum atomic E-state index is -3.62. The van der Waals surface area contributed by atoms with Gasteiger partial charge in [0.05, 0.1) is 20.0 Å². The van der Waals surface area contributed by atoms with Crippen molar-refractivity contribution in [2.75, 3.05) is 7.11 Å². The first-order valence-electron chi connectivity index (χ1n) is 5.64. The van der Waals surface area contributed by atoms with E-state index in [1.54, 1.807) is 24.4 Å². The number of aryl methyl sites for hydroxylation is 1. The Hall–Kier alpha value is -1.86. The highest BCUT2D eigenvalue weighted by Gasteiger charge is 2.19. The van der Waals surface area contributed by atoms with E-state index in [1.807, 2.05) is 6.92 Å². The molecular formula is C12H15N3O3S. The Bertz CT molecular complexity index is 651. The minimum Gasteiger partial charge on any atom is -0.495 e. The van der Waals surface area contributed by atoms with E-state index in [4.69, 9.17) is 4.74 Å². The van der Waals surface area contributed by atoms with Crippen molar-refractivity contribution in [1.29, 1.82) is 0 Å². The molecule has 0 aliphatic carbocycles. The topological polar surface area (TPSA) is 84.1 Å². The lowest BCUT2D eigenvalue weighted by atomic mass is 10.2. The SMILES string of the molecule is COc1ccc(C)cc1S(=O)(=O)NCc1cnc[nH]1. The van der Waals surface area contributed by atoms with Crippen LogP contribution in [-0.2, 0) is 16.6 Å². The number of nitrogens with zero attached hydrogens (tertiary/aromatic N) is 1. The van der Waals surface area contributed by atoms with Gasteiger partial charge >= 0.3 is 0 Å². The third-order valence-corrected chi connectivity index (χ3v) is 4.04. The highest BCUT2D eigenvalue weighted by molar-refractivity contribution is 7.89. The van der Waals surface area contributed by atoms with E-state index in [0.29, 0.717) is 11.4 Å². The van der Waals surface area contributed by atoms with Crippen molar-refractivity contribution in [3.63, 3.8) is 0 Å². The molecule has 0 unspecified atom stereocenters. The molecular weight excluding hydrogens is 266 g/mol. The lowest BCUT2D eigenvalue weighted by Gasteiger charge is -2.11. The summed E-state index contributed by atoms with van der Waals surface area (Å²) in [4.78, 5) is 6.79. The third-order valence-electron chi connectivity index (χ3n) is 2.62. The highest BCUT2D eigenvalue weighted by Crippen LogP contribution is 2.24. The number of benzene rings is 1. The van der Waals surface area contributed by atoms with Crippen LogP contribution in [0.5, 0.6) is 5.75 Å². The zero-order chi connectivity index (χ0) is 13.9. The van der Waals surface area contributed by atoms with Gasteiger partial charge in [0.2, 0.25) is 10.0 Å². The first kappa shape index (κ1) is 13.6. The van der Waals surface area contributed by atoms with Gasteiger partial charge in [-0.1, -0.05) is 6.07 Å². The predicted molar refractivity (Wildman–Crippen MR) is 70.3 cm³/mol. The molecule has 0 amide bonds. The van der Waals surface area contributed by atoms with E-state index >= 15 is 0 Å². The molecule has 0 aliphatic rings. The van der Waals surface area contributed by atoms with E-state index in [-0.39, 0.29) is 11.4 Å². The summed E-state index contributed by atoms with van der Waals surface area (Å²) in [7, 11) is -2.18. The number of imidazole rings is 1. The number of aromatic nitrogens is 2. The summed E-state index contributed by atoms with van der Waals surface area (Å²) in [5.74, 6) is 0.322. The number of hydrogen-bond donors (Lipinski definition) is 2. The first-order valence-corrected chi connectivity index (χ1v) is 7.13. The van der Waals surface area contributed by atoms with Gasteiger partial charge in [0.1, 0.15) is 10.6 Å². The maximum Gasteiger partial charge on any atom is 0.244 e. The lowest BCUT2D eigenvalue weighted by Crippen LogP contribution is -2.24. The number of methoxy groups -OCH3 is 1. The molecule has 0 radical (unpaired) electrons. The Morgan fingerprint density at radius 1 is 1.42 bits per heavy atom. The fourth-order valence-electron chi connectivity index (χ4n) is 1.63. The molecule has 0 fully saturated rings. The molecule has 0 saturated carbocycles. The van der Waals surface area contributed by atoms with Crippen LogP contribution in [0.4, 0.5) is 0 Å². The molecule has 0 saturated heterocycles. The number of nitrogens with one attached hydrogen (secondary N) is 2. The molecule has 1 aromatic heterocycles. The van der Waals surface area contributed by atoms with E-state index in [9.17, 15) is 8.42 Å². The van der Waals surface area contributed by atoms with Crippen molar-refractivity contribution in [3.05, 3.63) is 42.0 Å². The highest BCUT2D eigenvalue weighted by atomic mass is 32.2. The smallest absolute Gasteiger partial charge is 0.244 e. The zero-order valence-electron chi connectivity index (χ0n) is 10.7. The second kappa shape index (κ2) is 5.41. The molecule has 0 aliphatic heterocycles. The van der Waals surface area contributed by atoms with Crippen molar-refractivity contribution in [1.82, 2.24) is 14.7 Å². The number of sulfonamides is 1. The van der Waals surface area contributed by atoms with Crippen molar-refractivity contribution < 1.29 is 13.2 Å². The Morgan fingerprint density at radius 3 is 2.84 bits per heavy atom. The molecule has 1 heterocycles. The Balaban J connectivity index is 2.26. The normalized spacial score (nSPS) is 11.5. The van der Waals surface area contributed by atoms with Crippen LogP contribution in [0.2, 0.25) is 0 Å². The summed E-state index contributed by atoms with van der Waals surface area (Å²) in [5, 5.41) is 0. The first-order chi connectivity index (χ1) is 9.03. The van der Waals surface area contributed by atoms with Crippen molar-refractivity contribution in [3.8, 4) is 5.75 Å². The average molecular weight is 281 g/mol. The molecule has 0 spiro atoms. The van der Waals surface area contributed by atoms with Crippen LogP contribution < -0.4 is 9.46 Å². The predicted octanol–water partition coefficient (Wildman–Crippen LogP) is 1.21. The maximum atomic E-state index is 12.2. The molecule has 6 nitrogen and oxygen atoms in total. The van der Waals surface area contributed by atoms with Gasteiger partial charge in [0.15, 0.2) is 0 Å². The van der Waals surface area contributed by atoms with E-state index in [1.165, 1.54) is 13.4 Å². The van der Waals surface area contributed by atoms with Gasteiger partial charge in [-0.05, 0) is 24.6 Å². The molecule has 0 bridgehead atoms. The van der Waals surface area contributed by atoms with Gasteiger partial charge in [-0.25, -0.2) is 18.1 Å². The summed E-state index contributed by atoms with van der Waals surface area (Å²) in [6.45, 7) is 1.98. The fourth-order valence-corrected chi connectivity index (χ4v) is 2.88. The fraction of sp³-hybridized carbons (Fsp3) is 0.250. The maximum absolute atomic E-state index is 12.2. The number of aromatic amines is 1. The number of hydrogen-bond acceptors (Lipinski definition) is 4. The van der Waals surface area contributed by atoms with Crippen molar-refractivity contribution in [2.24, 2.45) is 0 Å². The van der Waals surface area contributed by atoms with Gasteiger partial charge in [-0.15, -0.1) is 0 Å². The monoisotopic (exact) mass is 281 g/mol. The van der Waals surface area contributed by atoms with Crippen LogP contribution in [0, 0.1) is 6.92 Å². The Kier molecular flexibility index (Phi) is 3.87. The molecule has 2 N–H and O–H groups in total. The van der Waals surface area contributed by atoms with Gasteiger partial charge < -0.3 is 9.72 Å². The third kappa shape index (κ3) is 3.12. The van der Waals surface area contributed by atoms with E-state index in [0.717, 1.165) is 5.56 Å². The Morgan fingerprint density at radius 2 is 2.21 bits per heavy atom. The molecule has 19 heavy (non-hydrogen) atoms. The molecule has 2 rings (SSSR count). The van der Waals surface area contributed by atoms with Crippen LogP contribution >= 0.6 is 0 Å². The van der Waals surface area contributed by atoms with Crippen molar-refractivity contribution >= 4 is 10.0 Å². The largest absolute Gasteiger partial charge is 0.495 e. The van der Waals surface area contributed by atoms with Gasteiger partial charge in [-0.2, -0.15) is 0 Å². The summed E-state index contributed by atoms with van der Waals surface area (Å²) in [6, 6.07) is 5.01. The van der Waals surface area contributed by atoms with E-state index < -0.39 is 10.0 Å². The summed E-state index contributed by atoms with van der Waals surface area (Å²) < 4.78 is 32.1. The van der Waals surface area contributed by atoms with Crippen LogP contribution in [0.1, 0.15) is 11.3 Å². The average Bonchev–Trinajstić information content (AvgIpc) is 2.89. The molecule has 102 valence electrons. The second-order valence-corrected chi connectivity index (χ2v) is 5.79. The standard InChI is InChI=1S/C12H15N3O3S/c1-9-3-4-11(18-2)12(5-9)19(16,17)15-7-10-6-13-8-14-10/h3-6,8,15H,7H2,1-2H3,(H,13,14). The van der Waals surface area contributed by atoms with Crippen LogP contribution in [0.3, 0.4) is 0 Å². The van der Waals surface area contributed by atoms with Crippen LogP contribution in [0.15, 0.2) is 35.6 Å². The molecule has 2 aromatic rings. The van der Waals surface area contributed by atoms with Crippen LogP contribution in [-0.4, -0.2) is 25.5 Å². The van der Waals surface area contributed by atoms with Gasteiger partial charge in [-0.3, -0.25) is 0 Å². The lowest BCUT2D eigenvalue weighted by molar-refractivity contribution is 0.402. The summed E-state index contributed by atoms with van der Waals surface area (Å²) in [5.41, 5.74) is 1.54. The quantitative estimate of drug-likeness (QED) is 0.862. The number of rotatable bonds is 5. The molecule has 1 aromatic carbocycles. The minimum absolute atomic E-state index is 0.134. The van der Waals surface area contributed by atoms with Crippen LogP contribution in [0.25, 0.3) is 0 Å². The van der Waals surface area contributed by atoms with Gasteiger partial charge in [0, 0.05) is 11.9 Å². The number of ether oxygens (including phenoxy) is 1. The molecule has 7 heteroatoms. The summed E-state index contributed by atoms with van der Waals surface area (Å²) in [6.07, 6.45) is 3.06.